The molecule has 2 heterocycles. The number of aryl methyl sites for hydroxylation is 1. The van der Waals surface area contributed by atoms with Crippen molar-refractivity contribution in [1.82, 2.24) is 20.1 Å². The quantitative estimate of drug-likeness (QED) is 0.889. The van der Waals surface area contributed by atoms with Crippen LogP contribution in [0.4, 0.5) is 0 Å². The van der Waals surface area contributed by atoms with Crippen LogP contribution in [0.5, 0.6) is 0 Å². The van der Waals surface area contributed by atoms with Gasteiger partial charge in [0.2, 0.25) is 0 Å². The SMILES string of the molecule is Cc1nc(C2CCN(C3Cc4ccccc4C3O)CC2)n[nH]1. The lowest BCUT2D eigenvalue weighted by Crippen LogP contribution is -2.43. The first-order chi connectivity index (χ1) is 10.7. The molecular formula is C17H22N4O. The first-order valence-corrected chi connectivity index (χ1v) is 8.11. The molecule has 1 aromatic carbocycles. The van der Waals surface area contributed by atoms with Crippen molar-refractivity contribution >= 4 is 0 Å². The Labute approximate surface area is 130 Å². The predicted octanol–water partition coefficient (Wildman–Crippen LogP) is 1.95. The number of aliphatic hydroxyl groups is 1. The molecule has 22 heavy (non-hydrogen) atoms. The van der Waals surface area contributed by atoms with Gasteiger partial charge in [-0.1, -0.05) is 24.3 Å². The molecule has 1 aromatic heterocycles. The van der Waals surface area contributed by atoms with Gasteiger partial charge in [-0.2, -0.15) is 5.10 Å². The van der Waals surface area contributed by atoms with Crippen LogP contribution in [-0.2, 0) is 6.42 Å². The van der Waals surface area contributed by atoms with Gasteiger partial charge >= 0.3 is 0 Å². The van der Waals surface area contributed by atoms with Crippen molar-refractivity contribution < 1.29 is 5.11 Å². The fourth-order valence-corrected chi connectivity index (χ4v) is 3.91. The number of H-pyrrole nitrogens is 1. The third-order valence-corrected chi connectivity index (χ3v) is 5.15. The zero-order valence-electron chi connectivity index (χ0n) is 12.9. The van der Waals surface area contributed by atoms with Crippen LogP contribution >= 0.6 is 0 Å². The second-order valence-electron chi connectivity index (χ2n) is 6.50. The van der Waals surface area contributed by atoms with Gasteiger partial charge in [0.05, 0.1) is 6.10 Å². The van der Waals surface area contributed by atoms with Crippen molar-refractivity contribution in [3.05, 3.63) is 47.0 Å². The van der Waals surface area contributed by atoms with E-state index in [1.54, 1.807) is 0 Å². The summed E-state index contributed by atoms with van der Waals surface area (Å²) in [6, 6.07) is 8.51. The Morgan fingerprint density at radius 1 is 1.23 bits per heavy atom. The van der Waals surface area contributed by atoms with Crippen LogP contribution < -0.4 is 0 Å². The minimum absolute atomic E-state index is 0.229. The summed E-state index contributed by atoms with van der Waals surface area (Å²) >= 11 is 0. The molecule has 2 unspecified atom stereocenters. The Morgan fingerprint density at radius 3 is 2.68 bits per heavy atom. The summed E-state index contributed by atoms with van der Waals surface area (Å²) in [5.41, 5.74) is 2.41. The Bertz CT molecular complexity index is 660. The number of likely N-dealkylation sites (tertiary alicyclic amines) is 1. The number of nitrogens with one attached hydrogen (secondary N) is 1. The summed E-state index contributed by atoms with van der Waals surface area (Å²) < 4.78 is 0. The Morgan fingerprint density at radius 2 is 2.00 bits per heavy atom. The molecule has 0 bridgehead atoms. The van der Waals surface area contributed by atoms with Crippen molar-refractivity contribution in [2.75, 3.05) is 13.1 Å². The van der Waals surface area contributed by atoms with Crippen LogP contribution in [0.2, 0.25) is 0 Å². The highest BCUT2D eigenvalue weighted by Crippen LogP contribution is 2.37. The molecule has 1 aliphatic heterocycles. The largest absolute Gasteiger partial charge is 0.387 e. The fraction of sp³-hybridized carbons (Fsp3) is 0.529. The van der Waals surface area contributed by atoms with E-state index in [0.717, 1.165) is 49.6 Å². The van der Waals surface area contributed by atoms with Gasteiger partial charge in [-0.05, 0) is 50.4 Å². The molecule has 1 fully saturated rings. The van der Waals surface area contributed by atoms with Crippen molar-refractivity contribution in [2.24, 2.45) is 0 Å². The topological polar surface area (TPSA) is 65.0 Å². The molecule has 2 N–H and O–H groups in total. The Kier molecular flexibility index (Phi) is 3.47. The number of aromatic amines is 1. The van der Waals surface area contributed by atoms with E-state index in [1.807, 2.05) is 13.0 Å². The normalized spacial score (nSPS) is 26.3. The number of aliphatic hydroxyl groups excluding tert-OH is 1. The van der Waals surface area contributed by atoms with Crippen molar-refractivity contribution in [3.63, 3.8) is 0 Å². The van der Waals surface area contributed by atoms with Gasteiger partial charge in [0.25, 0.3) is 0 Å². The van der Waals surface area contributed by atoms with Gasteiger partial charge in [-0.3, -0.25) is 10.00 Å². The lowest BCUT2D eigenvalue weighted by Gasteiger charge is -2.36. The molecule has 5 nitrogen and oxygen atoms in total. The van der Waals surface area contributed by atoms with Crippen LogP contribution in [0.3, 0.4) is 0 Å². The molecule has 5 heteroatoms. The third-order valence-electron chi connectivity index (χ3n) is 5.15. The van der Waals surface area contributed by atoms with E-state index in [4.69, 9.17) is 0 Å². The van der Waals surface area contributed by atoms with Crippen molar-refractivity contribution in [2.45, 2.75) is 44.2 Å². The Hall–Kier alpha value is -1.72. The van der Waals surface area contributed by atoms with E-state index < -0.39 is 0 Å². The molecule has 0 saturated carbocycles. The van der Waals surface area contributed by atoms with Crippen LogP contribution in [0.15, 0.2) is 24.3 Å². The maximum atomic E-state index is 10.6. The molecule has 1 saturated heterocycles. The number of benzene rings is 1. The van der Waals surface area contributed by atoms with E-state index in [0.29, 0.717) is 5.92 Å². The first kappa shape index (κ1) is 13.9. The highest BCUT2D eigenvalue weighted by atomic mass is 16.3. The van der Waals surface area contributed by atoms with Gasteiger partial charge in [0.15, 0.2) is 5.82 Å². The highest BCUT2D eigenvalue weighted by molar-refractivity contribution is 5.36. The van der Waals surface area contributed by atoms with E-state index in [1.165, 1.54) is 5.56 Å². The van der Waals surface area contributed by atoms with E-state index in [2.05, 4.69) is 38.3 Å². The number of hydrogen-bond acceptors (Lipinski definition) is 4. The van der Waals surface area contributed by atoms with Crippen LogP contribution in [0, 0.1) is 6.92 Å². The zero-order chi connectivity index (χ0) is 15.1. The number of nitrogens with zero attached hydrogens (tertiary/aromatic N) is 3. The minimum Gasteiger partial charge on any atom is -0.387 e. The van der Waals surface area contributed by atoms with Crippen molar-refractivity contribution in [3.8, 4) is 0 Å². The van der Waals surface area contributed by atoms with Gasteiger partial charge in [-0.15, -0.1) is 0 Å². The molecular weight excluding hydrogens is 276 g/mol. The predicted molar refractivity (Wildman–Crippen MR) is 83.6 cm³/mol. The lowest BCUT2D eigenvalue weighted by molar-refractivity contribution is 0.0453. The average molecular weight is 298 g/mol. The van der Waals surface area contributed by atoms with Gasteiger partial charge < -0.3 is 5.11 Å². The number of piperidine rings is 1. The second kappa shape index (κ2) is 5.48. The molecule has 0 spiro atoms. The molecule has 0 amide bonds. The molecule has 2 aromatic rings. The number of aromatic nitrogens is 3. The van der Waals surface area contributed by atoms with Crippen LogP contribution in [0.25, 0.3) is 0 Å². The summed E-state index contributed by atoms with van der Waals surface area (Å²) in [6.45, 7) is 3.96. The number of hydrogen-bond donors (Lipinski definition) is 2. The van der Waals surface area contributed by atoms with Gasteiger partial charge in [0, 0.05) is 12.0 Å². The smallest absolute Gasteiger partial charge is 0.153 e. The maximum Gasteiger partial charge on any atom is 0.153 e. The Balaban J connectivity index is 1.42. The zero-order valence-corrected chi connectivity index (χ0v) is 12.9. The molecule has 116 valence electrons. The summed E-state index contributed by atoms with van der Waals surface area (Å²) in [4.78, 5) is 6.91. The van der Waals surface area contributed by atoms with Gasteiger partial charge in [-0.25, -0.2) is 4.98 Å². The maximum absolute atomic E-state index is 10.6. The third kappa shape index (κ3) is 2.34. The molecule has 0 radical (unpaired) electrons. The van der Waals surface area contributed by atoms with Crippen LogP contribution in [0.1, 0.15) is 47.6 Å². The summed E-state index contributed by atoms with van der Waals surface area (Å²) in [5, 5.41) is 17.9. The van der Waals surface area contributed by atoms with E-state index in [-0.39, 0.29) is 12.1 Å². The van der Waals surface area contributed by atoms with Crippen LogP contribution in [-0.4, -0.2) is 44.3 Å². The fourth-order valence-electron chi connectivity index (χ4n) is 3.91. The molecule has 2 atom stereocenters. The van der Waals surface area contributed by atoms with E-state index >= 15 is 0 Å². The summed E-state index contributed by atoms with van der Waals surface area (Å²) in [6.07, 6.45) is 2.74. The number of fused-ring (bicyclic) bond motifs is 1. The molecule has 2 aliphatic rings. The standard InChI is InChI=1S/C17H22N4O/c1-11-18-17(20-19-11)12-6-8-21(9-7-12)15-10-13-4-2-3-5-14(13)16(15)22/h2-5,12,15-16,22H,6-10H2,1H3,(H,18,19,20). The highest BCUT2D eigenvalue weighted by Gasteiger charge is 2.37. The van der Waals surface area contributed by atoms with Gasteiger partial charge in [0.1, 0.15) is 5.82 Å². The molecule has 1 aliphatic carbocycles. The average Bonchev–Trinajstić information content (AvgIpc) is 3.12. The van der Waals surface area contributed by atoms with Crippen molar-refractivity contribution in [1.29, 1.82) is 0 Å². The lowest BCUT2D eigenvalue weighted by atomic mass is 9.94. The first-order valence-electron chi connectivity index (χ1n) is 8.11. The summed E-state index contributed by atoms with van der Waals surface area (Å²) in [5.74, 6) is 2.29. The summed E-state index contributed by atoms with van der Waals surface area (Å²) in [7, 11) is 0. The number of rotatable bonds is 2. The second-order valence-corrected chi connectivity index (χ2v) is 6.50. The monoisotopic (exact) mass is 298 g/mol. The van der Waals surface area contributed by atoms with E-state index in [9.17, 15) is 5.11 Å². The minimum atomic E-state index is -0.349. The molecule has 4 rings (SSSR count).